The number of imide groups is 1. The van der Waals surface area contributed by atoms with E-state index in [0.717, 1.165) is 27.4 Å². The van der Waals surface area contributed by atoms with Gasteiger partial charge in [0.1, 0.15) is 11.7 Å². The van der Waals surface area contributed by atoms with E-state index in [9.17, 15) is 24.0 Å². The van der Waals surface area contributed by atoms with Crippen molar-refractivity contribution in [1.82, 2.24) is 44.4 Å². The van der Waals surface area contributed by atoms with Crippen LogP contribution in [-0.2, 0) is 27.3 Å². The van der Waals surface area contributed by atoms with E-state index in [1.807, 2.05) is 43.9 Å². The number of carbonyl (C=O) groups excluding carboxylic acids is 5. The Morgan fingerprint density at radius 3 is 2.58 bits per heavy atom. The Morgan fingerprint density at radius 1 is 0.983 bits per heavy atom. The number of fused-ring (bicyclic) bond motifs is 2. The van der Waals surface area contributed by atoms with Crippen LogP contribution in [0, 0.1) is 6.92 Å². The van der Waals surface area contributed by atoms with Crippen molar-refractivity contribution in [2.24, 2.45) is 0 Å². The first kappa shape index (κ1) is 39.1. The van der Waals surface area contributed by atoms with E-state index in [0.29, 0.717) is 105 Å². The van der Waals surface area contributed by atoms with Gasteiger partial charge in [0, 0.05) is 76.4 Å². The first-order valence-corrected chi connectivity index (χ1v) is 19.9. The molecule has 3 aliphatic heterocycles. The number of hydrogen-bond acceptors (Lipinski definition) is 12. The molecule has 18 heteroatoms. The second kappa shape index (κ2) is 16.3. The van der Waals surface area contributed by atoms with Crippen LogP contribution in [0.5, 0.6) is 0 Å². The lowest BCUT2D eigenvalue weighted by Gasteiger charge is -2.36. The number of anilines is 3. The third kappa shape index (κ3) is 7.93. The zero-order chi connectivity index (χ0) is 41.4. The van der Waals surface area contributed by atoms with Gasteiger partial charge < -0.3 is 29.9 Å². The topological polar surface area (TPSA) is 204 Å². The molecule has 4 aromatic heterocycles. The van der Waals surface area contributed by atoms with Crippen LogP contribution in [0.3, 0.4) is 0 Å². The van der Waals surface area contributed by atoms with Crippen molar-refractivity contribution in [3.8, 4) is 11.5 Å². The second-order valence-corrected chi connectivity index (χ2v) is 15.5. The molecule has 5 aromatic rings. The molecule has 2 saturated heterocycles. The molecule has 59 heavy (non-hydrogen) atoms. The average molecular weight is 803 g/mol. The van der Waals surface area contributed by atoms with Gasteiger partial charge >= 0.3 is 6.03 Å². The number of urea groups is 1. The Kier molecular flexibility index (Phi) is 10.8. The number of carbonyl (C=O) groups is 5. The Balaban J connectivity index is 0.775. The van der Waals surface area contributed by atoms with Crippen LogP contribution < -0.4 is 15.5 Å². The molecule has 0 radical (unpaired) electrons. The zero-order valence-electron chi connectivity index (χ0n) is 33.5. The van der Waals surface area contributed by atoms with Crippen LogP contribution >= 0.6 is 0 Å². The van der Waals surface area contributed by atoms with E-state index < -0.39 is 12.1 Å². The van der Waals surface area contributed by atoms with E-state index >= 15 is 0 Å². The minimum atomic E-state index is -0.634. The van der Waals surface area contributed by atoms with Crippen molar-refractivity contribution in [3.05, 3.63) is 77.2 Å². The number of amides is 6. The number of unbranched alkanes of at least 4 members (excludes halogenated alkanes) is 1. The molecule has 0 bridgehead atoms. The molecule has 1 unspecified atom stereocenters. The maximum atomic E-state index is 13.2. The number of pyridine rings is 1. The van der Waals surface area contributed by atoms with E-state index in [4.69, 9.17) is 4.52 Å². The van der Waals surface area contributed by atoms with Gasteiger partial charge in [-0.1, -0.05) is 19.0 Å². The van der Waals surface area contributed by atoms with Crippen LogP contribution in [0.15, 0.2) is 53.4 Å². The summed E-state index contributed by atoms with van der Waals surface area (Å²) < 4.78 is 7.22. The predicted molar refractivity (Wildman–Crippen MR) is 215 cm³/mol. The van der Waals surface area contributed by atoms with Crippen molar-refractivity contribution in [1.29, 1.82) is 0 Å². The third-order valence-electron chi connectivity index (χ3n) is 11.2. The second-order valence-electron chi connectivity index (χ2n) is 15.5. The van der Waals surface area contributed by atoms with Gasteiger partial charge in [-0.15, -0.1) is 0 Å². The normalized spacial score (nSPS) is 17.0. The molecule has 8 rings (SSSR count). The number of hydrogen-bond donors (Lipinski definition) is 2. The quantitative estimate of drug-likeness (QED) is 0.141. The van der Waals surface area contributed by atoms with Crippen molar-refractivity contribution in [3.63, 3.8) is 0 Å². The fourth-order valence-electron chi connectivity index (χ4n) is 8.05. The largest absolute Gasteiger partial charge is 0.368 e. The summed E-state index contributed by atoms with van der Waals surface area (Å²) in [7, 11) is 1.47. The summed E-state index contributed by atoms with van der Waals surface area (Å²) in [5.41, 5.74) is 6.31. The maximum absolute atomic E-state index is 13.2. The summed E-state index contributed by atoms with van der Waals surface area (Å²) in [4.78, 5) is 84.2. The van der Waals surface area contributed by atoms with Gasteiger partial charge in [-0.3, -0.25) is 29.1 Å². The van der Waals surface area contributed by atoms with Crippen LogP contribution in [0.2, 0.25) is 0 Å². The molecule has 2 fully saturated rings. The number of likely N-dealkylation sites (tertiary alicyclic amines) is 1. The Bertz CT molecular complexity index is 2450. The lowest BCUT2D eigenvalue weighted by atomic mass is 10.0. The molecular formula is C41H46N12O6. The first-order valence-electron chi connectivity index (χ1n) is 19.9. The highest BCUT2D eigenvalue weighted by molar-refractivity contribution is 6.05. The lowest BCUT2D eigenvalue weighted by Crippen LogP contribution is -2.53. The number of piperazine rings is 1. The third-order valence-corrected chi connectivity index (χ3v) is 11.2. The molecule has 0 aliphatic carbocycles. The van der Waals surface area contributed by atoms with Gasteiger partial charge in [0.15, 0.2) is 5.65 Å². The fourth-order valence-corrected chi connectivity index (χ4v) is 8.05. The van der Waals surface area contributed by atoms with E-state index in [2.05, 4.69) is 40.7 Å². The Morgan fingerprint density at radius 2 is 1.80 bits per heavy atom. The lowest BCUT2D eigenvalue weighted by molar-refractivity contribution is -0.150. The number of rotatable bonds is 11. The van der Waals surface area contributed by atoms with E-state index in [-0.39, 0.29) is 36.0 Å². The number of aryl methyl sites for hydroxylation is 2. The Hall–Kier alpha value is -6.72. The van der Waals surface area contributed by atoms with Crippen molar-refractivity contribution in [2.45, 2.75) is 77.8 Å². The molecule has 2 N–H and O–H groups in total. The molecule has 1 aromatic carbocycles. The molecule has 1 atom stereocenters. The number of likely N-dealkylation sites (N-methyl/N-ethyl adjacent to an activating group) is 1. The fraction of sp³-hybridized carbons (Fsp3) is 0.415. The molecule has 7 heterocycles. The summed E-state index contributed by atoms with van der Waals surface area (Å²) in [5, 5.41) is 14.2. The van der Waals surface area contributed by atoms with E-state index in [1.54, 1.807) is 33.9 Å². The summed E-state index contributed by atoms with van der Waals surface area (Å²) >= 11 is 0. The molecule has 3 aliphatic rings. The number of benzene rings is 1. The zero-order valence-corrected chi connectivity index (χ0v) is 33.5. The summed E-state index contributed by atoms with van der Waals surface area (Å²) in [6, 6.07) is 8.27. The van der Waals surface area contributed by atoms with Gasteiger partial charge in [0.2, 0.25) is 23.5 Å². The number of nitrogens with one attached hydrogen (secondary N) is 2. The molecule has 18 nitrogen and oxygen atoms in total. The summed E-state index contributed by atoms with van der Waals surface area (Å²) in [6.45, 7) is 8.75. The number of nitrogens with zero attached hydrogens (tertiary/aromatic N) is 10. The number of piperidine rings is 1. The standard InChI is InChI=1S/C41H46N12O6/c1-24(2)37-30(22-42-32-13-14-44-53(32)37)46-41(58)45-27-19-25(3)36(43-21-27)38-47-33(59-48-38)7-5-6-8-35(55)51-17-15-50(16-18-51)28-9-10-29-26(20-28)23-52(39(29)56)31-11-12-34(54)49(4)40(31)57/h9-10,13-14,19-22,24,31H,5-8,11-12,15-18,23H2,1-4H3,(H2,45,46,58). The van der Waals surface area contributed by atoms with E-state index in [1.165, 1.54) is 13.2 Å². The van der Waals surface area contributed by atoms with Crippen molar-refractivity contribution >= 4 is 52.4 Å². The van der Waals surface area contributed by atoms with Crippen LogP contribution in [0.1, 0.15) is 84.9 Å². The highest BCUT2D eigenvalue weighted by Gasteiger charge is 2.41. The number of aromatic nitrogens is 6. The highest BCUT2D eigenvalue weighted by Crippen LogP contribution is 2.32. The SMILES string of the molecule is Cc1cc(NC(=O)Nc2cnc3ccnn3c2C(C)C)cnc1-c1noc(CCCCC(=O)N2CCN(c3ccc4c(c3)CN(C3CCC(=O)N(C)C3=O)C4=O)CC2)n1. The Labute approximate surface area is 339 Å². The minimum Gasteiger partial charge on any atom is -0.368 e. The molecule has 306 valence electrons. The maximum Gasteiger partial charge on any atom is 0.323 e. The van der Waals surface area contributed by atoms with Crippen LogP contribution in [0.4, 0.5) is 21.9 Å². The molecule has 0 spiro atoms. The summed E-state index contributed by atoms with van der Waals surface area (Å²) in [6.07, 6.45) is 7.71. The average Bonchev–Trinajstić information content (AvgIpc) is 3.97. The van der Waals surface area contributed by atoms with Gasteiger partial charge in [-0.25, -0.2) is 14.3 Å². The predicted octanol–water partition coefficient (Wildman–Crippen LogP) is 4.41. The van der Waals surface area contributed by atoms with Gasteiger partial charge in [0.25, 0.3) is 11.8 Å². The van der Waals surface area contributed by atoms with Gasteiger partial charge in [-0.2, -0.15) is 10.1 Å². The summed E-state index contributed by atoms with van der Waals surface area (Å²) in [5.74, 6) is 0.253. The molecular weight excluding hydrogens is 757 g/mol. The first-order chi connectivity index (χ1) is 28.4. The van der Waals surface area contributed by atoms with Gasteiger partial charge in [-0.05, 0) is 67.5 Å². The molecule has 6 amide bonds. The van der Waals surface area contributed by atoms with Crippen molar-refractivity contribution in [2.75, 3.05) is 48.8 Å². The van der Waals surface area contributed by atoms with Crippen LogP contribution in [-0.4, -0.2) is 113 Å². The monoisotopic (exact) mass is 802 g/mol. The van der Waals surface area contributed by atoms with Gasteiger partial charge in [0.05, 0.1) is 35.7 Å². The molecule has 0 saturated carbocycles. The van der Waals surface area contributed by atoms with Crippen LogP contribution in [0.25, 0.3) is 17.2 Å². The highest BCUT2D eigenvalue weighted by atomic mass is 16.5. The smallest absolute Gasteiger partial charge is 0.323 e. The minimum absolute atomic E-state index is 0.0872. The van der Waals surface area contributed by atoms with Crippen molar-refractivity contribution < 1.29 is 28.5 Å².